The first-order valence-corrected chi connectivity index (χ1v) is 4.90. The summed E-state index contributed by atoms with van der Waals surface area (Å²) < 4.78 is 5.31. The number of nitrogen functional groups attached to an aromatic ring is 1. The molecule has 0 unspecified atom stereocenters. The fraction of sp³-hybridized carbons (Fsp3) is 0. The first-order valence-electron chi connectivity index (χ1n) is 4.90. The summed E-state index contributed by atoms with van der Waals surface area (Å²) in [6, 6.07) is 9.43. The third-order valence-electron chi connectivity index (χ3n) is 2.41. The van der Waals surface area contributed by atoms with Crippen LogP contribution < -0.4 is 5.73 Å². The predicted molar refractivity (Wildman–Crippen MR) is 61.7 cm³/mol. The maximum Gasteiger partial charge on any atom is 0.161 e. The summed E-state index contributed by atoms with van der Waals surface area (Å²) in [5.41, 5.74) is 7.31. The van der Waals surface area contributed by atoms with Gasteiger partial charge in [0.2, 0.25) is 0 Å². The average Bonchev–Trinajstić information content (AvgIpc) is 2.81. The zero-order valence-corrected chi connectivity index (χ0v) is 8.42. The molecule has 0 aliphatic rings. The molecule has 0 saturated carbocycles. The Hall–Kier alpha value is -2.36. The van der Waals surface area contributed by atoms with Gasteiger partial charge in [0.05, 0.1) is 11.8 Å². The molecule has 2 N–H and O–H groups in total. The van der Waals surface area contributed by atoms with Gasteiger partial charge in [-0.15, -0.1) is 0 Å². The summed E-state index contributed by atoms with van der Waals surface area (Å²) in [4.78, 5) is 8.38. The molecule has 0 spiro atoms. The van der Waals surface area contributed by atoms with Crippen molar-refractivity contribution in [2.45, 2.75) is 0 Å². The molecule has 3 aromatic heterocycles. The second-order valence-corrected chi connectivity index (χ2v) is 3.45. The highest BCUT2D eigenvalue weighted by Crippen LogP contribution is 2.27. The van der Waals surface area contributed by atoms with Crippen LogP contribution in [-0.4, -0.2) is 9.97 Å². The Labute approximate surface area is 91.7 Å². The smallest absolute Gasteiger partial charge is 0.161 e. The Balaban J connectivity index is 2.30. The minimum atomic E-state index is 0.432. The summed E-state index contributed by atoms with van der Waals surface area (Å²) in [5, 5.41) is 0.947. The van der Waals surface area contributed by atoms with Gasteiger partial charge < -0.3 is 10.2 Å². The SMILES string of the molecule is Nc1nc2ncccc2cc1-c1ccco1. The van der Waals surface area contributed by atoms with Crippen LogP contribution in [0.15, 0.2) is 47.2 Å². The molecule has 0 amide bonds. The molecule has 3 heterocycles. The number of furan rings is 1. The molecule has 0 aromatic carbocycles. The van der Waals surface area contributed by atoms with Gasteiger partial charge in [0, 0.05) is 11.6 Å². The maximum absolute atomic E-state index is 5.87. The summed E-state index contributed by atoms with van der Waals surface area (Å²) >= 11 is 0. The van der Waals surface area contributed by atoms with Crippen molar-refractivity contribution in [2.75, 3.05) is 5.73 Å². The van der Waals surface area contributed by atoms with Gasteiger partial charge in [0.1, 0.15) is 11.6 Å². The monoisotopic (exact) mass is 211 g/mol. The lowest BCUT2D eigenvalue weighted by atomic mass is 10.1. The highest BCUT2D eigenvalue weighted by Gasteiger charge is 2.08. The predicted octanol–water partition coefficient (Wildman–Crippen LogP) is 2.47. The molecule has 0 atom stereocenters. The zero-order valence-electron chi connectivity index (χ0n) is 8.42. The standard InChI is InChI=1S/C12H9N3O/c13-11-9(10-4-2-6-16-10)7-8-3-1-5-14-12(8)15-11/h1-7H,(H2,13,14,15). The molecular weight excluding hydrogens is 202 g/mol. The van der Waals surface area contributed by atoms with Gasteiger partial charge in [-0.05, 0) is 30.3 Å². The number of fused-ring (bicyclic) bond motifs is 1. The van der Waals surface area contributed by atoms with Crippen LogP contribution in [-0.2, 0) is 0 Å². The van der Waals surface area contributed by atoms with Crippen molar-refractivity contribution in [3.63, 3.8) is 0 Å². The van der Waals surface area contributed by atoms with E-state index < -0.39 is 0 Å². The normalized spacial score (nSPS) is 10.8. The Morgan fingerprint density at radius 3 is 2.94 bits per heavy atom. The van der Waals surface area contributed by atoms with Crippen LogP contribution >= 0.6 is 0 Å². The van der Waals surface area contributed by atoms with Gasteiger partial charge in [-0.25, -0.2) is 9.97 Å². The third-order valence-corrected chi connectivity index (χ3v) is 2.41. The molecule has 16 heavy (non-hydrogen) atoms. The second kappa shape index (κ2) is 3.34. The van der Waals surface area contributed by atoms with Crippen molar-refractivity contribution >= 4 is 16.9 Å². The Kier molecular flexibility index (Phi) is 1.86. The van der Waals surface area contributed by atoms with Crippen LogP contribution in [0.3, 0.4) is 0 Å². The first-order chi connectivity index (χ1) is 7.84. The van der Waals surface area contributed by atoms with Crippen LogP contribution in [0.5, 0.6) is 0 Å². The van der Waals surface area contributed by atoms with Gasteiger partial charge in [0.15, 0.2) is 5.65 Å². The Morgan fingerprint density at radius 2 is 2.12 bits per heavy atom. The van der Waals surface area contributed by atoms with Crippen molar-refractivity contribution < 1.29 is 4.42 Å². The number of pyridine rings is 2. The number of anilines is 1. The van der Waals surface area contributed by atoms with Crippen molar-refractivity contribution in [2.24, 2.45) is 0 Å². The van der Waals surface area contributed by atoms with E-state index >= 15 is 0 Å². The lowest BCUT2D eigenvalue weighted by Crippen LogP contribution is -1.95. The fourth-order valence-electron chi connectivity index (χ4n) is 1.65. The van der Waals surface area contributed by atoms with E-state index in [1.54, 1.807) is 12.5 Å². The number of nitrogens with zero attached hydrogens (tertiary/aromatic N) is 2. The summed E-state index contributed by atoms with van der Waals surface area (Å²) in [7, 11) is 0. The van der Waals surface area contributed by atoms with E-state index in [-0.39, 0.29) is 0 Å². The molecule has 4 heteroatoms. The Morgan fingerprint density at radius 1 is 1.19 bits per heavy atom. The second-order valence-electron chi connectivity index (χ2n) is 3.45. The number of hydrogen-bond acceptors (Lipinski definition) is 4. The number of aromatic nitrogens is 2. The minimum Gasteiger partial charge on any atom is -0.464 e. The van der Waals surface area contributed by atoms with Gasteiger partial charge in [-0.1, -0.05) is 0 Å². The van der Waals surface area contributed by atoms with Crippen molar-refractivity contribution in [3.8, 4) is 11.3 Å². The van der Waals surface area contributed by atoms with Crippen molar-refractivity contribution in [1.82, 2.24) is 9.97 Å². The third kappa shape index (κ3) is 1.32. The highest BCUT2D eigenvalue weighted by atomic mass is 16.3. The molecule has 0 radical (unpaired) electrons. The van der Waals surface area contributed by atoms with Crippen LogP contribution in [0.2, 0.25) is 0 Å². The van der Waals surface area contributed by atoms with E-state index in [0.717, 1.165) is 16.7 Å². The molecule has 3 aromatic rings. The molecule has 0 aliphatic heterocycles. The molecular formula is C12H9N3O. The summed E-state index contributed by atoms with van der Waals surface area (Å²) in [5.74, 6) is 1.15. The minimum absolute atomic E-state index is 0.432. The van der Waals surface area contributed by atoms with Crippen LogP contribution in [0.4, 0.5) is 5.82 Å². The zero-order chi connectivity index (χ0) is 11.0. The Bertz CT molecular complexity index is 632. The number of rotatable bonds is 1. The molecule has 4 nitrogen and oxygen atoms in total. The van der Waals surface area contributed by atoms with Gasteiger partial charge in [-0.2, -0.15) is 0 Å². The molecule has 0 aliphatic carbocycles. The van der Waals surface area contributed by atoms with E-state index in [2.05, 4.69) is 9.97 Å². The van der Waals surface area contributed by atoms with Gasteiger partial charge in [-0.3, -0.25) is 0 Å². The van der Waals surface area contributed by atoms with E-state index in [1.165, 1.54) is 0 Å². The maximum atomic E-state index is 5.87. The molecule has 0 fully saturated rings. The molecule has 0 saturated heterocycles. The average molecular weight is 211 g/mol. The first kappa shape index (κ1) is 8.91. The van der Waals surface area contributed by atoms with Crippen molar-refractivity contribution in [1.29, 1.82) is 0 Å². The molecule has 0 bridgehead atoms. The van der Waals surface area contributed by atoms with Gasteiger partial charge in [0.25, 0.3) is 0 Å². The number of hydrogen-bond donors (Lipinski definition) is 1. The van der Waals surface area contributed by atoms with Gasteiger partial charge >= 0.3 is 0 Å². The van der Waals surface area contributed by atoms with Crippen LogP contribution in [0.25, 0.3) is 22.4 Å². The fourth-order valence-corrected chi connectivity index (χ4v) is 1.65. The summed E-state index contributed by atoms with van der Waals surface area (Å²) in [6.45, 7) is 0. The van der Waals surface area contributed by atoms with Crippen molar-refractivity contribution in [3.05, 3.63) is 42.8 Å². The molecule has 78 valence electrons. The van der Waals surface area contributed by atoms with E-state index in [1.807, 2.05) is 30.3 Å². The summed E-state index contributed by atoms with van der Waals surface area (Å²) in [6.07, 6.45) is 3.31. The highest BCUT2D eigenvalue weighted by molar-refractivity contribution is 5.85. The topological polar surface area (TPSA) is 64.9 Å². The lowest BCUT2D eigenvalue weighted by Gasteiger charge is -2.03. The van der Waals surface area contributed by atoms with Crippen LogP contribution in [0.1, 0.15) is 0 Å². The quantitative estimate of drug-likeness (QED) is 0.671. The van der Waals surface area contributed by atoms with E-state index in [9.17, 15) is 0 Å². The lowest BCUT2D eigenvalue weighted by molar-refractivity contribution is 0.582. The van der Waals surface area contributed by atoms with Crippen LogP contribution in [0, 0.1) is 0 Å². The van der Waals surface area contributed by atoms with E-state index in [4.69, 9.17) is 10.2 Å². The number of nitrogens with two attached hydrogens (primary N) is 1. The van der Waals surface area contributed by atoms with E-state index in [0.29, 0.717) is 11.5 Å². The molecule has 3 rings (SSSR count). The largest absolute Gasteiger partial charge is 0.464 e.